The van der Waals surface area contributed by atoms with Gasteiger partial charge >= 0.3 is 6.09 Å². The second-order valence-corrected chi connectivity index (χ2v) is 7.99. The van der Waals surface area contributed by atoms with Crippen LogP contribution in [0, 0.1) is 0 Å². The Kier molecular flexibility index (Phi) is 10.2. The van der Waals surface area contributed by atoms with Gasteiger partial charge in [-0.1, -0.05) is 25.9 Å². The Balaban J connectivity index is 4.22. The molecule has 0 aliphatic rings. The molecule has 17 heavy (non-hydrogen) atoms. The maximum Gasteiger partial charge on any atom is 0.407 e. The van der Waals surface area contributed by atoms with E-state index in [0.717, 1.165) is 19.6 Å². The summed E-state index contributed by atoms with van der Waals surface area (Å²) < 4.78 is 10.3. The van der Waals surface area contributed by atoms with Gasteiger partial charge in [-0.25, -0.2) is 4.79 Å². The monoisotopic (exact) mass is 261 g/mol. The number of rotatable bonds is 9. The van der Waals surface area contributed by atoms with Crippen molar-refractivity contribution in [3.8, 4) is 0 Å². The molecular formula is C12H27NO3Si. The molecule has 0 fully saturated rings. The van der Waals surface area contributed by atoms with E-state index in [1.165, 1.54) is 12.1 Å². The third-order valence-corrected chi connectivity index (χ3v) is 6.71. The molecule has 0 aliphatic heterocycles. The summed E-state index contributed by atoms with van der Waals surface area (Å²) in [5.41, 5.74) is 0.288. The van der Waals surface area contributed by atoms with Gasteiger partial charge in [-0.15, -0.1) is 0 Å². The first kappa shape index (κ1) is 16.4. The highest BCUT2D eigenvalue weighted by Gasteiger charge is 2.22. The van der Waals surface area contributed by atoms with Gasteiger partial charge in [0.2, 0.25) is 0 Å². The molecule has 0 saturated carbocycles. The third kappa shape index (κ3) is 7.39. The maximum absolute atomic E-state index is 11.5. The largest absolute Gasteiger partial charge is 0.450 e. The maximum atomic E-state index is 11.5. The second-order valence-electron chi connectivity index (χ2n) is 4.03. The molecule has 4 nitrogen and oxygen atoms in total. The Bertz CT molecular complexity index is 198. The SMILES string of the molecule is CCOCCC(NC(=O)OCC)[SiH](CC)CC. The molecule has 0 saturated heterocycles. The minimum Gasteiger partial charge on any atom is -0.450 e. The number of hydrogen-bond donors (Lipinski definition) is 1. The molecule has 0 bridgehead atoms. The van der Waals surface area contributed by atoms with Crippen LogP contribution in [-0.2, 0) is 9.47 Å². The molecular weight excluding hydrogens is 234 g/mol. The van der Waals surface area contributed by atoms with Gasteiger partial charge in [0.05, 0.1) is 15.4 Å². The zero-order valence-corrected chi connectivity index (χ0v) is 12.8. The van der Waals surface area contributed by atoms with Crippen LogP contribution in [0.15, 0.2) is 0 Å². The lowest BCUT2D eigenvalue weighted by molar-refractivity contribution is 0.133. The van der Waals surface area contributed by atoms with Gasteiger partial charge in [0.25, 0.3) is 0 Å². The van der Waals surface area contributed by atoms with Gasteiger partial charge in [0.1, 0.15) is 0 Å². The average Bonchev–Trinajstić information content (AvgIpc) is 2.31. The first-order valence-corrected chi connectivity index (χ1v) is 9.00. The Morgan fingerprint density at radius 3 is 2.29 bits per heavy atom. The van der Waals surface area contributed by atoms with E-state index in [2.05, 4.69) is 19.2 Å². The van der Waals surface area contributed by atoms with Crippen LogP contribution in [0.3, 0.4) is 0 Å². The van der Waals surface area contributed by atoms with Crippen molar-refractivity contribution in [1.29, 1.82) is 0 Å². The van der Waals surface area contributed by atoms with Crippen molar-refractivity contribution >= 4 is 14.9 Å². The molecule has 0 aliphatic carbocycles. The lowest BCUT2D eigenvalue weighted by atomic mass is 10.4. The van der Waals surface area contributed by atoms with Crippen LogP contribution in [0.25, 0.3) is 0 Å². The van der Waals surface area contributed by atoms with E-state index in [-0.39, 0.29) is 11.8 Å². The fourth-order valence-corrected chi connectivity index (χ4v) is 4.66. The summed E-state index contributed by atoms with van der Waals surface area (Å²) in [5, 5.41) is 3.00. The van der Waals surface area contributed by atoms with Crippen molar-refractivity contribution in [2.75, 3.05) is 19.8 Å². The first-order chi connectivity index (χ1) is 8.19. The summed E-state index contributed by atoms with van der Waals surface area (Å²) >= 11 is 0. The molecule has 0 aromatic heterocycles. The fourth-order valence-electron chi connectivity index (χ4n) is 1.96. The number of carbonyl (C=O) groups excluding carboxylic acids is 1. The Labute approximate surface area is 107 Å². The van der Waals surface area contributed by atoms with Crippen molar-refractivity contribution in [2.24, 2.45) is 0 Å². The standard InChI is InChI=1S/C12H27NO3Si/c1-5-15-10-9-11(17(7-3)8-4)13-12(14)16-6-2/h11,17H,5-10H2,1-4H3,(H,13,14). The van der Waals surface area contributed by atoms with Gasteiger partial charge in [-0.05, 0) is 20.3 Å². The summed E-state index contributed by atoms with van der Waals surface area (Å²) in [7, 11) is -0.923. The summed E-state index contributed by atoms with van der Waals surface area (Å²) in [6, 6.07) is 2.39. The highest BCUT2D eigenvalue weighted by atomic mass is 28.3. The highest BCUT2D eigenvalue weighted by molar-refractivity contribution is 6.60. The van der Waals surface area contributed by atoms with E-state index in [4.69, 9.17) is 9.47 Å². The Hall–Kier alpha value is -0.553. The predicted octanol–water partition coefficient (Wildman–Crippen LogP) is 2.33. The fraction of sp³-hybridized carbons (Fsp3) is 0.917. The first-order valence-electron chi connectivity index (χ1n) is 6.70. The summed E-state index contributed by atoms with van der Waals surface area (Å²) in [6.07, 6.45) is 0.624. The van der Waals surface area contributed by atoms with Crippen LogP contribution in [0.5, 0.6) is 0 Å². The zero-order valence-electron chi connectivity index (χ0n) is 11.6. The molecule has 0 rings (SSSR count). The van der Waals surface area contributed by atoms with Crippen LogP contribution < -0.4 is 5.32 Å². The number of ether oxygens (including phenoxy) is 2. The molecule has 0 aromatic carbocycles. The van der Waals surface area contributed by atoms with E-state index < -0.39 is 8.80 Å². The summed E-state index contributed by atoms with van der Waals surface area (Å²) in [6.45, 7) is 10.1. The van der Waals surface area contributed by atoms with E-state index >= 15 is 0 Å². The molecule has 1 N–H and O–H groups in total. The second kappa shape index (κ2) is 10.6. The van der Waals surface area contributed by atoms with Gasteiger partial charge in [0.15, 0.2) is 0 Å². The van der Waals surface area contributed by atoms with Crippen LogP contribution >= 0.6 is 0 Å². The molecule has 1 amide bonds. The van der Waals surface area contributed by atoms with Crippen molar-refractivity contribution in [3.63, 3.8) is 0 Å². The number of carbonyl (C=O) groups is 1. The van der Waals surface area contributed by atoms with E-state index in [0.29, 0.717) is 6.61 Å². The number of nitrogens with one attached hydrogen (secondary N) is 1. The van der Waals surface area contributed by atoms with Crippen LogP contribution in [0.4, 0.5) is 4.79 Å². The highest BCUT2D eigenvalue weighted by Crippen LogP contribution is 2.08. The summed E-state index contributed by atoms with van der Waals surface area (Å²) in [4.78, 5) is 11.5. The van der Waals surface area contributed by atoms with Crippen molar-refractivity contribution in [2.45, 2.75) is 51.9 Å². The van der Waals surface area contributed by atoms with Crippen molar-refractivity contribution < 1.29 is 14.3 Å². The third-order valence-electron chi connectivity index (χ3n) is 2.97. The van der Waals surface area contributed by atoms with Gasteiger partial charge in [-0.2, -0.15) is 0 Å². The summed E-state index contributed by atoms with van der Waals surface area (Å²) in [5.74, 6) is 0. The van der Waals surface area contributed by atoms with Gasteiger partial charge < -0.3 is 14.8 Å². The zero-order chi connectivity index (χ0) is 13.1. The van der Waals surface area contributed by atoms with E-state index in [9.17, 15) is 4.79 Å². The molecule has 102 valence electrons. The Morgan fingerprint density at radius 1 is 1.18 bits per heavy atom. The van der Waals surface area contributed by atoms with E-state index in [1.54, 1.807) is 0 Å². The van der Waals surface area contributed by atoms with Gasteiger partial charge in [-0.3, -0.25) is 0 Å². The normalized spacial score (nSPS) is 12.5. The average molecular weight is 261 g/mol. The minimum absolute atomic E-state index is 0.284. The van der Waals surface area contributed by atoms with Crippen molar-refractivity contribution in [1.82, 2.24) is 5.32 Å². The molecule has 1 atom stereocenters. The molecule has 5 heteroatoms. The number of amides is 1. The van der Waals surface area contributed by atoms with Crippen molar-refractivity contribution in [3.05, 3.63) is 0 Å². The number of alkyl carbamates (subject to hydrolysis) is 1. The molecule has 0 radical (unpaired) electrons. The lowest BCUT2D eigenvalue weighted by Crippen LogP contribution is -2.46. The molecule has 1 unspecified atom stereocenters. The molecule has 0 spiro atoms. The lowest BCUT2D eigenvalue weighted by Gasteiger charge is -2.24. The topological polar surface area (TPSA) is 47.6 Å². The number of hydrogen-bond acceptors (Lipinski definition) is 3. The quantitative estimate of drug-likeness (QED) is 0.512. The predicted molar refractivity (Wildman–Crippen MR) is 73.2 cm³/mol. The molecule has 0 heterocycles. The Morgan fingerprint density at radius 2 is 1.82 bits per heavy atom. The smallest absolute Gasteiger partial charge is 0.407 e. The van der Waals surface area contributed by atoms with Crippen LogP contribution in [0.2, 0.25) is 12.1 Å². The van der Waals surface area contributed by atoms with Crippen LogP contribution in [0.1, 0.15) is 34.1 Å². The van der Waals surface area contributed by atoms with Gasteiger partial charge in [0, 0.05) is 18.9 Å². The molecule has 0 aromatic rings. The van der Waals surface area contributed by atoms with Crippen LogP contribution in [-0.4, -0.2) is 40.4 Å². The van der Waals surface area contributed by atoms with E-state index in [1.807, 2.05) is 13.8 Å². The minimum atomic E-state index is -0.923.